The van der Waals surface area contributed by atoms with Crippen molar-refractivity contribution in [2.45, 2.75) is 25.4 Å². The summed E-state index contributed by atoms with van der Waals surface area (Å²) in [5.41, 5.74) is 0.906. The second-order valence-electron chi connectivity index (χ2n) is 7.43. The summed E-state index contributed by atoms with van der Waals surface area (Å²) in [6.45, 7) is -0.0660. The van der Waals surface area contributed by atoms with Gasteiger partial charge in [-0.1, -0.05) is 23.7 Å². The van der Waals surface area contributed by atoms with Crippen molar-refractivity contribution < 1.29 is 29.4 Å². The van der Waals surface area contributed by atoms with Crippen LogP contribution in [0.4, 0.5) is 0 Å². The molecule has 32 heavy (non-hydrogen) atoms. The van der Waals surface area contributed by atoms with Gasteiger partial charge in [-0.3, -0.25) is 14.4 Å². The van der Waals surface area contributed by atoms with Crippen molar-refractivity contribution in [2.24, 2.45) is 5.92 Å². The molecule has 0 saturated heterocycles. The van der Waals surface area contributed by atoms with Crippen molar-refractivity contribution in [3.05, 3.63) is 64.2 Å². The Balaban J connectivity index is 1.59. The molecule has 1 atom stereocenters. The highest BCUT2D eigenvalue weighted by molar-refractivity contribution is 6.34. The highest BCUT2D eigenvalue weighted by Gasteiger charge is 2.31. The van der Waals surface area contributed by atoms with E-state index < -0.39 is 23.8 Å². The Morgan fingerprint density at radius 1 is 1.03 bits per heavy atom. The van der Waals surface area contributed by atoms with E-state index in [4.69, 9.17) is 11.6 Å². The van der Waals surface area contributed by atoms with Crippen LogP contribution in [0.1, 0.15) is 39.1 Å². The average Bonchev–Trinajstić information content (AvgIpc) is 3.60. The number of phenols is 1. The van der Waals surface area contributed by atoms with Crippen LogP contribution in [-0.2, 0) is 16.1 Å². The minimum atomic E-state index is -1.33. The second-order valence-corrected chi connectivity index (χ2v) is 7.84. The van der Waals surface area contributed by atoms with Crippen LogP contribution < -0.4 is 16.0 Å². The number of halogens is 1. The minimum Gasteiger partial charge on any atom is -0.508 e. The molecule has 1 aliphatic carbocycles. The highest BCUT2D eigenvalue weighted by atomic mass is 35.5. The highest BCUT2D eigenvalue weighted by Crippen LogP contribution is 2.28. The van der Waals surface area contributed by atoms with Gasteiger partial charge < -0.3 is 26.2 Å². The van der Waals surface area contributed by atoms with Crippen LogP contribution in [0.15, 0.2) is 42.5 Å². The van der Waals surface area contributed by atoms with Crippen LogP contribution in [0, 0.1) is 5.92 Å². The van der Waals surface area contributed by atoms with Crippen molar-refractivity contribution in [3.63, 3.8) is 0 Å². The fraction of sp³-hybridized carbons (Fsp3) is 0.273. The summed E-state index contributed by atoms with van der Waals surface area (Å²) in [6, 6.07) is 9.13. The van der Waals surface area contributed by atoms with E-state index in [1.807, 2.05) is 0 Å². The maximum atomic E-state index is 12.5. The average molecular weight is 460 g/mol. The number of aromatic hydroxyl groups is 1. The van der Waals surface area contributed by atoms with Crippen LogP contribution in [-0.4, -0.2) is 46.5 Å². The fourth-order valence-corrected chi connectivity index (χ4v) is 3.19. The lowest BCUT2D eigenvalue weighted by molar-refractivity contribution is -0.139. The first-order chi connectivity index (χ1) is 15.2. The Bertz CT molecular complexity index is 1050. The van der Waals surface area contributed by atoms with Crippen LogP contribution in [0.25, 0.3) is 0 Å². The Morgan fingerprint density at radius 2 is 1.78 bits per heavy atom. The van der Waals surface area contributed by atoms with Crippen LogP contribution in [0.5, 0.6) is 5.75 Å². The number of hydrogen-bond acceptors (Lipinski definition) is 5. The summed E-state index contributed by atoms with van der Waals surface area (Å²) in [6.07, 6.45) is 1.55. The summed E-state index contributed by atoms with van der Waals surface area (Å²) in [5.74, 6) is -2.70. The van der Waals surface area contributed by atoms with E-state index in [9.17, 15) is 29.4 Å². The topological polar surface area (TPSA) is 145 Å². The Labute approximate surface area is 188 Å². The van der Waals surface area contributed by atoms with E-state index >= 15 is 0 Å². The van der Waals surface area contributed by atoms with E-state index in [0.29, 0.717) is 5.56 Å². The minimum absolute atomic E-state index is 0.00373. The molecule has 0 aliphatic heterocycles. The predicted molar refractivity (Wildman–Crippen MR) is 115 cm³/mol. The lowest BCUT2D eigenvalue weighted by Crippen LogP contribution is -2.48. The van der Waals surface area contributed by atoms with E-state index in [1.165, 1.54) is 30.3 Å². The summed E-state index contributed by atoms with van der Waals surface area (Å²) < 4.78 is 0. The lowest BCUT2D eigenvalue weighted by Gasteiger charge is -2.16. The van der Waals surface area contributed by atoms with Crippen LogP contribution in [0.2, 0.25) is 5.02 Å². The molecule has 0 bridgehead atoms. The SMILES string of the molecule is O=C(NCc1cccc(O)c1)c1ccc(C(=O)N[C@@H](CNC(=O)C2CC2)C(=O)O)c(Cl)c1. The summed E-state index contributed by atoms with van der Waals surface area (Å²) in [5, 5.41) is 26.3. The van der Waals surface area contributed by atoms with Gasteiger partial charge in [0, 0.05) is 24.6 Å². The number of carbonyl (C=O) groups excluding carboxylic acids is 3. The quantitative estimate of drug-likeness (QED) is 0.386. The molecular weight excluding hydrogens is 438 g/mol. The zero-order chi connectivity index (χ0) is 23.3. The van der Waals surface area contributed by atoms with Gasteiger partial charge in [0.25, 0.3) is 11.8 Å². The molecule has 0 spiro atoms. The third kappa shape index (κ3) is 6.21. The number of hydrogen-bond donors (Lipinski definition) is 5. The zero-order valence-corrected chi connectivity index (χ0v) is 17.7. The molecule has 3 rings (SSSR count). The molecule has 168 valence electrons. The number of carboxylic acids is 1. The Morgan fingerprint density at radius 3 is 2.41 bits per heavy atom. The maximum Gasteiger partial charge on any atom is 0.328 e. The molecule has 0 radical (unpaired) electrons. The van der Waals surface area contributed by atoms with Gasteiger partial charge in [-0.05, 0) is 48.7 Å². The number of carbonyl (C=O) groups is 4. The van der Waals surface area contributed by atoms with Gasteiger partial charge >= 0.3 is 5.97 Å². The molecule has 10 heteroatoms. The van der Waals surface area contributed by atoms with Gasteiger partial charge in [0.1, 0.15) is 11.8 Å². The first-order valence-corrected chi connectivity index (χ1v) is 10.3. The molecular formula is C22H22ClN3O6. The lowest BCUT2D eigenvalue weighted by atomic mass is 10.1. The third-order valence-electron chi connectivity index (χ3n) is 4.87. The maximum absolute atomic E-state index is 12.5. The Hall–Kier alpha value is -3.59. The molecule has 1 aliphatic rings. The Kier molecular flexibility index (Phi) is 7.32. The van der Waals surface area contributed by atoms with Gasteiger partial charge in [0.2, 0.25) is 5.91 Å². The third-order valence-corrected chi connectivity index (χ3v) is 5.18. The number of aliphatic carboxylic acids is 1. The summed E-state index contributed by atoms with van der Waals surface area (Å²) >= 11 is 6.16. The zero-order valence-electron chi connectivity index (χ0n) is 16.9. The van der Waals surface area contributed by atoms with Gasteiger partial charge in [-0.15, -0.1) is 0 Å². The summed E-state index contributed by atoms with van der Waals surface area (Å²) in [7, 11) is 0. The van der Waals surface area contributed by atoms with E-state index in [0.717, 1.165) is 12.8 Å². The fourth-order valence-electron chi connectivity index (χ4n) is 2.92. The molecule has 3 amide bonds. The van der Waals surface area contributed by atoms with Gasteiger partial charge in [-0.2, -0.15) is 0 Å². The van der Waals surface area contributed by atoms with Gasteiger partial charge in [0.05, 0.1) is 10.6 Å². The molecule has 1 fully saturated rings. The number of benzene rings is 2. The van der Waals surface area contributed by atoms with Crippen molar-refractivity contribution in [2.75, 3.05) is 6.54 Å². The molecule has 0 aromatic heterocycles. The molecule has 0 unspecified atom stereocenters. The first kappa shape index (κ1) is 23.1. The number of amides is 3. The van der Waals surface area contributed by atoms with Crippen LogP contribution >= 0.6 is 11.6 Å². The molecule has 9 nitrogen and oxygen atoms in total. The molecule has 0 heterocycles. The standard InChI is InChI=1S/C22H22ClN3O6/c23-17-9-14(20(29)24-10-12-2-1-3-15(27)8-12)6-7-16(17)21(30)26-18(22(31)32)11-25-19(28)13-4-5-13/h1-3,6-9,13,18,27H,4-5,10-11H2,(H,24,29)(H,25,28)(H,26,30)(H,31,32)/t18-/m0/s1. The van der Waals surface area contributed by atoms with Crippen molar-refractivity contribution in [1.29, 1.82) is 0 Å². The number of nitrogens with one attached hydrogen (secondary N) is 3. The smallest absolute Gasteiger partial charge is 0.328 e. The predicted octanol–water partition coefficient (Wildman–Crippen LogP) is 1.68. The first-order valence-electron chi connectivity index (χ1n) is 9.91. The van der Waals surface area contributed by atoms with Gasteiger partial charge in [0.15, 0.2) is 0 Å². The molecule has 5 N–H and O–H groups in total. The second kappa shape index (κ2) is 10.1. The normalized spacial score (nSPS) is 13.7. The van der Waals surface area contributed by atoms with Crippen LogP contribution in [0.3, 0.4) is 0 Å². The molecule has 2 aromatic carbocycles. The molecule has 1 saturated carbocycles. The van der Waals surface area contributed by atoms with E-state index in [2.05, 4.69) is 16.0 Å². The van der Waals surface area contributed by atoms with E-state index in [-0.39, 0.29) is 46.8 Å². The van der Waals surface area contributed by atoms with Crippen molar-refractivity contribution in [1.82, 2.24) is 16.0 Å². The monoisotopic (exact) mass is 459 g/mol. The van der Waals surface area contributed by atoms with Crippen molar-refractivity contribution in [3.8, 4) is 5.75 Å². The number of phenolic OH excluding ortho intramolecular Hbond substituents is 1. The van der Waals surface area contributed by atoms with Gasteiger partial charge in [-0.25, -0.2) is 4.79 Å². The number of carboxylic acid groups (broad SMARTS) is 1. The summed E-state index contributed by atoms with van der Waals surface area (Å²) in [4.78, 5) is 48.0. The molecule has 2 aromatic rings. The largest absolute Gasteiger partial charge is 0.508 e. The van der Waals surface area contributed by atoms with Crippen molar-refractivity contribution >= 4 is 35.3 Å². The van der Waals surface area contributed by atoms with E-state index in [1.54, 1.807) is 12.1 Å². The number of rotatable bonds is 9.